The Hall–Kier alpha value is -1.76. The molecular formula is C18H20O. The van der Waals surface area contributed by atoms with Gasteiger partial charge in [0.05, 0.1) is 7.11 Å². The van der Waals surface area contributed by atoms with E-state index in [1.807, 2.05) is 0 Å². The van der Waals surface area contributed by atoms with Crippen LogP contribution in [0.4, 0.5) is 0 Å². The minimum absolute atomic E-state index is 0.705. The van der Waals surface area contributed by atoms with Crippen LogP contribution in [0.3, 0.4) is 0 Å². The fraction of sp³-hybridized carbons (Fsp3) is 0.333. The van der Waals surface area contributed by atoms with Gasteiger partial charge in [-0.05, 0) is 54.4 Å². The van der Waals surface area contributed by atoms with Crippen LogP contribution >= 0.6 is 0 Å². The standard InChI is InChI=1S/C18H20O/c1-19-18-11-9-15(10-12-18)17-8-7-16(13-17)14-5-3-2-4-6-14/h2-6,9-12,16-17H,7-8,13H2,1H3/t16-,17-/m0/s1. The Morgan fingerprint density at radius 1 is 0.789 bits per heavy atom. The zero-order chi connectivity index (χ0) is 13.1. The molecule has 0 radical (unpaired) electrons. The molecule has 0 N–H and O–H groups in total. The molecule has 3 rings (SSSR count). The van der Waals surface area contributed by atoms with Crippen molar-refractivity contribution in [3.63, 3.8) is 0 Å². The average Bonchev–Trinajstić information content (AvgIpc) is 2.98. The SMILES string of the molecule is COc1ccc([C@H]2CC[C@H](c3ccccc3)C2)cc1. The van der Waals surface area contributed by atoms with Gasteiger partial charge in [-0.3, -0.25) is 0 Å². The Bertz CT molecular complexity index is 515. The minimum Gasteiger partial charge on any atom is -0.497 e. The van der Waals surface area contributed by atoms with E-state index in [4.69, 9.17) is 4.74 Å². The normalized spacial score (nSPS) is 22.4. The molecule has 1 saturated carbocycles. The third kappa shape index (κ3) is 2.65. The molecule has 0 amide bonds. The molecule has 2 aromatic rings. The molecule has 0 unspecified atom stereocenters. The molecule has 0 aromatic heterocycles. The molecule has 0 bridgehead atoms. The van der Waals surface area contributed by atoms with Crippen LogP contribution < -0.4 is 4.74 Å². The van der Waals surface area contributed by atoms with Crippen molar-refractivity contribution in [1.82, 2.24) is 0 Å². The number of rotatable bonds is 3. The van der Waals surface area contributed by atoms with Gasteiger partial charge in [0.1, 0.15) is 5.75 Å². The highest BCUT2D eigenvalue weighted by atomic mass is 16.5. The van der Waals surface area contributed by atoms with E-state index in [1.54, 1.807) is 7.11 Å². The molecule has 19 heavy (non-hydrogen) atoms. The molecule has 2 atom stereocenters. The summed E-state index contributed by atoms with van der Waals surface area (Å²) < 4.78 is 5.22. The van der Waals surface area contributed by atoms with E-state index in [1.165, 1.54) is 30.4 Å². The van der Waals surface area contributed by atoms with Crippen molar-refractivity contribution in [2.75, 3.05) is 7.11 Å². The van der Waals surface area contributed by atoms with Crippen LogP contribution in [0.1, 0.15) is 42.2 Å². The summed E-state index contributed by atoms with van der Waals surface area (Å²) in [6, 6.07) is 19.5. The Kier molecular flexibility index (Phi) is 3.54. The Morgan fingerprint density at radius 3 is 1.95 bits per heavy atom. The van der Waals surface area contributed by atoms with Gasteiger partial charge in [0.25, 0.3) is 0 Å². The molecule has 1 fully saturated rings. The van der Waals surface area contributed by atoms with Crippen molar-refractivity contribution >= 4 is 0 Å². The Labute approximate surface area is 115 Å². The fourth-order valence-corrected chi connectivity index (χ4v) is 3.19. The first-order valence-corrected chi connectivity index (χ1v) is 7.05. The lowest BCUT2D eigenvalue weighted by atomic mass is 9.93. The first kappa shape index (κ1) is 12.3. The molecule has 0 heterocycles. The average molecular weight is 252 g/mol. The van der Waals surface area contributed by atoms with Crippen molar-refractivity contribution in [3.8, 4) is 5.75 Å². The maximum absolute atomic E-state index is 5.22. The summed E-state index contributed by atoms with van der Waals surface area (Å²) in [5, 5.41) is 0. The molecule has 0 saturated heterocycles. The first-order valence-electron chi connectivity index (χ1n) is 7.05. The Balaban J connectivity index is 1.71. The zero-order valence-corrected chi connectivity index (χ0v) is 11.4. The second kappa shape index (κ2) is 5.48. The monoisotopic (exact) mass is 252 g/mol. The van der Waals surface area contributed by atoms with Gasteiger partial charge >= 0.3 is 0 Å². The van der Waals surface area contributed by atoms with Gasteiger partial charge in [-0.15, -0.1) is 0 Å². The third-order valence-electron chi connectivity index (χ3n) is 4.29. The highest BCUT2D eigenvalue weighted by Gasteiger charge is 2.26. The van der Waals surface area contributed by atoms with Crippen LogP contribution in [-0.4, -0.2) is 7.11 Å². The summed E-state index contributed by atoms with van der Waals surface area (Å²) in [5.74, 6) is 2.38. The lowest BCUT2D eigenvalue weighted by Crippen LogP contribution is -1.95. The molecule has 1 aliphatic carbocycles. The summed E-state index contributed by atoms with van der Waals surface area (Å²) in [6.07, 6.45) is 3.88. The van der Waals surface area contributed by atoms with E-state index in [-0.39, 0.29) is 0 Å². The molecule has 1 nitrogen and oxygen atoms in total. The summed E-state index contributed by atoms with van der Waals surface area (Å²) in [6.45, 7) is 0. The lowest BCUT2D eigenvalue weighted by molar-refractivity contribution is 0.414. The van der Waals surface area contributed by atoms with Gasteiger partial charge in [-0.25, -0.2) is 0 Å². The van der Waals surface area contributed by atoms with Crippen LogP contribution in [0.5, 0.6) is 5.75 Å². The van der Waals surface area contributed by atoms with Crippen molar-refractivity contribution in [2.45, 2.75) is 31.1 Å². The van der Waals surface area contributed by atoms with Crippen molar-refractivity contribution < 1.29 is 4.74 Å². The predicted molar refractivity (Wildman–Crippen MR) is 78.8 cm³/mol. The smallest absolute Gasteiger partial charge is 0.118 e. The highest BCUT2D eigenvalue weighted by Crippen LogP contribution is 2.43. The van der Waals surface area contributed by atoms with E-state index in [0.717, 1.165) is 11.7 Å². The predicted octanol–water partition coefficient (Wildman–Crippen LogP) is 4.75. The minimum atomic E-state index is 0.705. The molecule has 1 heteroatoms. The summed E-state index contributed by atoms with van der Waals surface area (Å²) in [7, 11) is 1.72. The summed E-state index contributed by atoms with van der Waals surface area (Å²) in [4.78, 5) is 0. The van der Waals surface area contributed by atoms with Crippen molar-refractivity contribution in [2.24, 2.45) is 0 Å². The topological polar surface area (TPSA) is 9.23 Å². The van der Waals surface area contributed by atoms with E-state index in [9.17, 15) is 0 Å². The second-order valence-electron chi connectivity index (χ2n) is 5.39. The van der Waals surface area contributed by atoms with E-state index >= 15 is 0 Å². The van der Waals surface area contributed by atoms with Crippen LogP contribution in [0.25, 0.3) is 0 Å². The van der Waals surface area contributed by atoms with Crippen molar-refractivity contribution in [3.05, 3.63) is 65.7 Å². The van der Waals surface area contributed by atoms with Crippen LogP contribution in [0.15, 0.2) is 54.6 Å². The third-order valence-corrected chi connectivity index (χ3v) is 4.29. The maximum atomic E-state index is 5.22. The molecule has 0 spiro atoms. The maximum Gasteiger partial charge on any atom is 0.118 e. The largest absolute Gasteiger partial charge is 0.497 e. The van der Waals surface area contributed by atoms with Gasteiger partial charge in [0.2, 0.25) is 0 Å². The van der Waals surface area contributed by atoms with E-state index in [2.05, 4.69) is 54.6 Å². The van der Waals surface area contributed by atoms with E-state index < -0.39 is 0 Å². The fourth-order valence-electron chi connectivity index (χ4n) is 3.19. The molecule has 98 valence electrons. The molecule has 2 aromatic carbocycles. The van der Waals surface area contributed by atoms with Crippen LogP contribution in [0, 0.1) is 0 Å². The molecule has 1 aliphatic rings. The van der Waals surface area contributed by atoms with Gasteiger partial charge in [0, 0.05) is 0 Å². The van der Waals surface area contributed by atoms with Gasteiger partial charge in [-0.2, -0.15) is 0 Å². The zero-order valence-electron chi connectivity index (χ0n) is 11.4. The molecule has 0 aliphatic heterocycles. The molecular weight excluding hydrogens is 232 g/mol. The van der Waals surface area contributed by atoms with Crippen LogP contribution in [0.2, 0.25) is 0 Å². The van der Waals surface area contributed by atoms with Gasteiger partial charge in [-0.1, -0.05) is 42.5 Å². The number of hydrogen-bond donors (Lipinski definition) is 0. The highest BCUT2D eigenvalue weighted by molar-refractivity contribution is 5.31. The van der Waals surface area contributed by atoms with Gasteiger partial charge in [0.15, 0.2) is 0 Å². The first-order chi connectivity index (χ1) is 9.36. The quantitative estimate of drug-likeness (QED) is 0.766. The summed E-state index contributed by atoms with van der Waals surface area (Å²) in [5.41, 5.74) is 2.96. The van der Waals surface area contributed by atoms with Crippen molar-refractivity contribution in [1.29, 1.82) is 0 Å². The number of benzene rings is 2. The summed E-state index contributed by atoms with van der Waals surface area (Å²) >= 11 is 0. The Morgan fingerprint density at radius 2 is 1.37 bits per heavy atom. The number of methoxy groups -OCH3 is 1. The van der Waals surface area contributed by atoms with Crippen LogP contribution in [-0.2, 0) is 0 Å². The van der Waals surface area contributed by atoms with E-state index in [0.29, 0.717) is 5.92 Å². The van der Waals surface area contributed by atoms with Gasteiger partial charge < -0.3 is 4.74 Å². The second-order valence-corrected chi connectivity index (χ2v) is 5.39. The number of ether oxygens (including phenoxy) is 1. The lowest BCUT2D eigenvalue weighted by Gasteiger charge is -2.12. The number of hydrogen-bond acceptors (Lipinski definition) is 1.